The summed E-state index contributed by atoms with van der Waals surface area (Å²) in [6.07, 6.45) is -3.66. The summed E-state index contributed by atoms with van der Waals surface area (Å²) in [7, 11) is 0. The maximum Gasteiger partial charge on any atom is 0.422 e. The molecule has 2 aromatic heterocycles. The quantitative estimate of drug-likeness (QED) is 0.535. The number of halogens is 3. The molecule has 0 saturated heterocycles. The van der Waals surface area contributed by atoms with Crippen LogP contribution >= 0.6 is 11.3 Å². The van der Waals surface area contributed by atoms with Gasteiger partial charge in [0.05, 0.1) is 17.1 Å². The Balaban J connectivity index is 1.40. The molecule has 5 nitrogen and oxygen atoms in total. The lowest BCUT2D eigenvalue weighted by molar-refractivity contribution is -0.152. The van der Waals surface area contributed by atoms with Gasteiger partial charge in [-0.05, 0) is 36.6 Å². The number of hydrogen-bond donors (Lipinski definition) is 2. The number of thiophene rings is 1. The zero-order chi connectivity index (χ0) is 21.5. The molecule has 4 rings (SSSR count). The first kappa shape index (κ1) is 20.7. The van der Waals surface area contributed by atoms with Gasteiger partial charge in [-0.3, -0.25) is 4.79 Å². The van der Waals surface area contributed by atoms with Gasteiger partial charge in [-0.2, -0.15) is 13.2 Å². The fraction of sp³-hybridized carbons (Fsp3) is 0.429. The Morgan fingerprint density at radius 2 is 2.07 bits per heavy atom. The minimum absolute atomic E-state index is 0.0548. The highest BCUT2D eigenvalue weighted by Gasteiger charge is 2.46. The number of carbonyl (C=O) groups is 1. The van der Waals surface area contributed by atoms with Gasteiger partial charge in [0.1, 0.15) is 5.82 Å². The molecule has 3 atom stereocenters. The Bertz CT molecular complexity index is 1010. The van der Waals surface area contributed by atoms with Crippen molar-refractivity contribution >= 4 is 28.3 Å². The Morgan fingerprint density at radius 1 is 1.30 bits per heavy atom. The zero-order valence-electron chi connectivity index (χ0n) is 16.5. The second-order valence-electron chi connectivity index (χ2n) is 7.88. The fourth-order valence-corrected chi connectivity index (χ4v) is 4.57. The molecule has 1 amide bonds. The van der Waals surface area contributed by atoms with E-state index in [2.05, 4.69) is 15.3 Å². The summed E-state index contributed by atoms with van der Waals surface area (Å²) >= 11 is 1.13. The Morgan fingerprint density at radius 3 is 2.77 bits per heavy atom. The largest absolute Gasteiger partial charge is 0.475 e. The van der Waals surface area contributed by atoms with E-state index >= 15 is 0 Å². The highest BCUT2D eigenvalue weighted by Crippen LogP contribution is 2.47. The number of amides is 1. The van der Waals surface area contributed by atoms with Crippen molar-refractivity contribution in [3.05, 3.63) is 47.1 Å². The monoisotopic (exact) mass is 437 g/mol. The number of H-pyrrole nitrogens is 1. The van der Waals surface area contributed by atoms with Crippen molar-refractivity contribution < 1.29 is 22.7 Å². The zero-order valence-corrected chi connectivity index (χ0v) is 17.3. The molecule has 0 spiro atoms. The molecule has 30 heavy (non-hydrogen) atoms. The topological polar surface area (TPSA) is 67.0 Å². The van der Waals surface area contributed by atoms with Gasteiger partial charge in [0, 0.05) is 16.7 Å². The smallest absolute Gasteiger partial charge is 0.422 e. The summed E-state index contributed by atoms with van der Waals surface area (Å²) in [5.41, 5.74) is 1.83. The van der Waals surface area contributed by atoms with Crippen molar-refractivity contribution in [3.63, 3.8) is 0 Å². The number of para-hydroxylation sites is 2. The van der Waals surface area contributed by atoms with Crippen LogP contribution in [0.3, 0.4) is 0 Å². The number of nitrogens with zero attached hydrogens (tertiary/aromatic N) is 1. The second kappa shape index (κ2) is 7.94. The van der Waals surface area contributed by atoms with Gasteiger partial charge in [0.15, 0.2) is 11.7 Å². The first-order chi connectivity index (χ1) is 14.2. The van der Waals surface area contributed by atoms with Crippen molar-refractivity contribution in [1.82, 2.24) is 15.3 Å². The SMILES string of the molecule is CC(C)C(NC(=O)[C@H]1C[C@@H]1c1nc2ccccc2[nH]1)c1ccc(OCC(F)(F)F)s1. The van der Waals surface area contributed by atoms with Crippen LogP contribution in [0.5, 0.6) is 5.06 Å². The maximum absolute atomic E-state index is 12.8. The van der Waals surface area contributed by atoms with E-state index in [9.17, 15) is 18.0 Å². The first-order valence-electron chi connectivity index (χ1n) is 9.75. The van der Waals surface area contributed by atoms with Gasteiger partial charge >= 0.3 is 6.18 Å². The number of alkyl halides is 3. The standard InChI is InChI=1S/C21H22F3N3O2S/c1-11(2)18(16-7-8-17(30-16)29-10-21(22,23)24)27-20(28)13-9-12(13)19-25-14-5-3-4-6-15(14)26-19/h3-8,11-13,18H,9-10H2,1-2H3,(H,25,26)(H,27,28)/t12-,13-,18?/m0/s1. The van der Waals surface area contributed by atoms with Gasteiger partial charge < -0.3 is 15.0 Å². The number of hydrogen-bond acceptors (Lipinski definition) is 4. The maximum atomic E-state index is 12.8. The van der Waals surface area contributed by atoms with Gasteiger partial charge in [0.25, 0.3) is 0 Å². The van der Waals surface area contributed by atoms with Crippen LogP contribution in [0, 0.1) is 11.8 Å². The number of benzene rings is 1. The summed E-state index contributed by atoms with van der Waals surface area (Å²) < 4.78 is 41.9. The molecule has 1 saturated carbocycles. The summed E-state index contributed by atoms with van der Waals surface area (Å²) in [5.74, 6) is 0.722. The van der Waals surface area contributed by atoms with Crippen molar-refractivity contribution in [3.8, 4) is 5.06 Å². The lowest BCUT2D eigenvalue weighted by Gasteiger charge is -2.21. The van der Waals surface area contributed by atoms with Crippen LogP contribution in [0.2, 0.25) is 0 Å². The molecule has 2 N–H and O–H groups in total. The van der Waals surface area contributed by atoms with E-state index < -0.39 is 12.8 Å². The van der Waals surface area contributed by atoms with Crippen LogP contribution in [0.1, 0.15) is 42.9 Å². The van der Waals surface area contributed by atoms with Gasteiger partial charge in [0.2, 0.25) is 5.91 Å². The summed E-state index contributed by atoms with van der Waals surface area (Å²) in [6, 6.07) is 10.7. The Hall–Kier alpha value is -2.55. The predicted octanol–water partition coefficient (Wildman–Crippen LogP) is 5.18. The van der Waals surface area contributed by atoms with Gasteiger partial charge in [-0.25, -0.2) is 4.98 Å². The number of fused-ring (bicyclic) bond motifs is 1. The third-order valence-electron chi connectivity index (χ3n) is 5.14. The number of imidazole rings is 1. The third kappa shape index (κ3) is 4.61. The first-order valence-corrected chi connectivity index (χ1v) is 10.6. The molecular weight excluding hydrogens is 415 g/mol. The normalized spacial score (nSPS) is 19.8. The van der Waals surface area contributed by atoms with Crippen molar-refractivity contribution in [2.75, 3.05) is 6.61 Å². The van der Waals surface area contributed by atoms with E-state index in [1.807, 2.05) is 38.1 Å². The molecule has 1 fully saturated rings. The number of rotatable bonds is 7. The van der Waals surface area contributed by atoms with Crippen LogP contribution in [-0.4, -0.2) is 28.7 Å². The molecule has 1 unspecified atom stereocenters. The van der Waals surface area contributed by atoms with Crippen LogP contribution < -0.4 is 10.1 Å². The third-order valence-corrected chi connectivity index (χ3v) is 6.22. The van der Waals surface area contributed by atoms with Gasteiger partial charge in [-0.15, -0.1) is 11.3 Å². The number of carbonyl (C=O) groups excluding carboxylic acids is 1. The van der Waals surface area contributed by atoms with E-state index in [1.54, 1.807) is 6.07 Å². The van der Waals surface area contributed by atoms with Crippen molar-refractivity contribution in [2.24, 2.45) is 11.8 Å². The van der Waals surface area contributed by atoms with E-state index in [4.69, 9.17) is 4.74 Å². The van der Waals surface area contributed by atoms with E-state index in [0.29, 0.717) is 0 Å². The molecular formula is C21H22F3N3O2S. The molecule has 1 aromatic carbocycles. The van der Waals surface area contributed by atoms with Crippen LogP contribution in [0.15, 0.2) is 36.4 Å². The van der Waals surface area contributed by atoms with E-state index in [-0.39, 0.29) is 34.8 Å². The summed E-state index contributed by atoms with van der Waals surface area (Å²) in [6.45, 7) is 2.60. The minimum Gasteiger partial charge on any atom is -0.475 e. The van der Waals surface area contributed by atoms with Crippen molar-refractivity contribution in [2.45, 2.75) is 38.4 Å². The van der Waals surface area contributed by atoms with Crippen LogP contribution in [0.4, 0.5) is 13.2 Å². The number of aromatic amines is 1. The molecule has 0 bridgehead atoms. The fourth-order valence-electron chi connectivity index (χ4n) is 3.49. The lowest BCUT2D eigenvalue weighted by Crippen LogP contribution is -2.32. The Labute approximate surface area is 175 Å². The molecule has 0 aliphatic heterocycles. The van der Waals surface area contributed by atoms with E-state index in [0.717, 1.165) is 39.5 Å². The highest BCUT2D eigenvalue weighted by molar-refractivity contribution is 7.13. The highest BCUT2D eigenvalue weighted by atomic mass is 32.1. The lowest BCUT2D eigenvalue weighted by atomic mass is 10.0. The van der Waals surface area contributed by atoms with Crippen molar-refractivity contribution in [1.29, 1.82) is 0 Å². The van der Waals surface area contributed by atoms with Gasteiger partial charge in [-0.1, -0.05) is 26.0 Å². The second-order valence-corrected chi connectivity index (χ2v) is 8.96. The molecule has 2 heterocycles. The number of ether oxygens (including phenoxy) is 1. The average molecular weight is 437 g/mol. The number of nitrogens with one attached hydrogen (secondary N) is 2. The molecule has 1 aliphatic carbocycles. The molecule has 3 aromatic rings. The minimum atomic E-state index is -4.38. The molecule has 0 radical (unpaired) electrons. The average Bonchev–Trinajstić information content (AvgIpc) is 3.15. The number of aromatic nitrogens is 2. The summed E-state index contributed by atoms with van der Waals surface area (Å²) in [4.78, 5) is 21.5. The Kier molecular flexibility index (Phi) is 5.48. The summed E-state index contributed by atoms with van der Waals surface area (Å²) in [5, 5.41) is 3.25. The molecule has 1 aliphatic rings. The van der Waals surface area contributed by atoms with E-state index in [1.165, 1.54) is 6.07 Å². The molecule has 160 valence electrons. The van der Waals surface area contributed by atoms with Crippen LogP contribution in [-0.2, 0) is 4.79 Å². The molecule has 9 heteroatoms. The predicted molar refractivity (Wildman–Crippen MR) is 109 cm³/mol. The van der Waals surface area contributed by atoms with Crippen LogP contribution in [0.25, 0.3) is 11.0 Å².